The summed E-state index contributed by atoms with van der Waals surface area (Å²) in [7, 11) is 1.51. The molecular formula is C12H20O6. The molecule has 0 saturated heterocycles. The number of hydrogen-bond donors (Lipinski definition) is 0. The molecule has 6 heteroatoms. The predicted octanol–water partition coefficient (Wildman–Crippen LogP) is 0.724. The fraction of sp³-hybridized carbons (Fsp3) is 0.750. The standard InChI is InChI=1S/C12H20O6/c1-4-17-11(14)10(12(15)18-5-2)9(13)7-6-8-16-3/h10H,4-8H2,1-3H3. The lowest BCUT2D eigenvalue weighted by Crippen LogP contribution is -2.35. The van der Waals surface area contributed by atoms with E-state index in [1.807, 2.05) is 0 Å². The predicted molar refractivity (Wildman–Crippen MR) is 62.9 cm³/mol. The number of methoxy groups -OCH3 is 1. The van der Waals surface area contributed by atoms with E-state index >= 15 is 0 Å². The lowest BCUT2D eigenvalue weighted by atomic mass is 10.0. The summed E-state index contributed by atoms with van der Waals surface area (Å²) in [6.07, 6.45) is 0.529. The van der Waals surface area contributed by atoms with Gasteiger partial charge in [-0.15, -0.1) is 0 Å². The summed E-state index contributed by atoms with van der Waals surface area (Å²) in [5, 5.41) is 0. The van der Waals surface area contributed by atoms with Crippen molar-refractivity contribution in [3.05, 3.63) is 0 Å². The molecule has 0 aliphatic carbocycles. The molecule has 0 unspecified atom stereocenters. The molecule has 0 aromatic carbocycles. The topological polar surface area (TPSA) is 78.9 Å². The Labute approximate surface area is 107 Å². The first kappa shape index (κ1) is 16.6. The van der Waals surface area contributed by atoms with Crippen LogP contribution in [-0.4, -0.2) is 44.7 Å². The highest BCUT2D eigenvalue weighted by Crippen LogP contribution is 2.10. The van der Waals surface area contributed by atoms with Gasteiger partial charge in [0.1, 0.15) is 0 Å². The van der Waals surface area contributed by atoms with Crippen molar-refractivity contribution in [3.8, 4) is 0 Å². The number of ketones is 1. The van der Waals surface area contributed by atoms with Crippen molar-refractivity contribution in [2.24, 2.45) is 5.92 Å². The van der Waals surface area contributed by atoms with Crippen molar-refractivity contribution in [2.75, 3.05) is 26.9 Å². The minimum absolute atomic E-state index is 0.0795. The smallest absolute Gasteiger partial charge is 0.328 e. The normalized spacial score (nSPS) is 10.2. The average molecular weight is 260 g/mol. The van der Waals surface area contributed by atoms with Crippen LogP contribution in [0.1, 0.15) is 26.7 Å². The highest BCUT2D eigenvalue weighted by Gasteiger charge is 2.35. The molecule has 0 spiro atoms. The molecule has 6 nitrogen and oxygen atoms in total. The quantitative estimate of drug-likeness (QED) is 0.345. The van der Waals surface area contributed by atoms with Crippen LogP contribution < -0.4 is 0 Å². The second-order valence-corrected chi connectivity index (χ2v) is 3.50. The minimum Gasteiger partial charge on any atom is -0.465 e. The van der Waals surface area contributed by atoms with Crippen LogP contribution in [0.5, 0.6) is 0 Å². The van der Waals surface area contributed by atoms with Gasteiger partial charge in [0.05, 0.1) is 13.2 Å². The van der Waals surface area contributed by atoms with Crippen molar-refractivity contribution in [2.45, 2.75) is 26.7 Å². The summed E-state index contributed by atoms with van der Waals surface area (Å²) >= 11 is 0. The van der Waals surface area contributed by atoms with E-state index in [2.05, 4.69) is 0 Å². The first-order valence-corrected chi connectivity index (χ1v) is 5.93. The highest BCUT2D eigenvalue weighted by molar-refractivity contribution is 6.14. The zero-order valence-corrected chi connectivity index (χ0v) is 11.1. The SMILES string of the molecule is CCOC(=O)C(C(=O)CCCOC)C(=O)OCC. The van der Waals surface area contributed by atoms with E-state index in [1.165, 1.54) is 7.11 Å². The first-order chi connectivity index (χ1) is 8.58. The number of carbonyl (C=O) groups excluding carboxylic acids is 3. The van der Waals surface area contributed by atoms with E-state index in [-0.39, 0.29) is 19.6 Å². The van der Waals surface area contributed by atoms with Gasteiger partial charge >= 0.3 is 11.9 Å². The fourth-order valence-electron chi connectivity index (χ4n) is 1.35. The maximum Gasteiger partial charge on any atom is 0.328 e. The van der Waals surface area contributed by atoms with Crippen LogP contribution in [0.2, 0.25) is 0 Å². The molecule has 0 aromatic rings. The summed E-state index contributed by atoms with van der Waals surface area (Å²) in [6, 6.07) is 0. The van der Waals surface area contributed by atoms with Crippen LogP contribution >= 0.6 is 0 Å². The number of ether oxygens (including phenoxy) is 3. The van der Waals surface area contributed by atoms with Crippen molar-refractivity contribution in [1.82, 2.24) is 0 Å². The molecule has 0 aliphatic heterocycles. The molecular weight excluding hydrogens is 240 g/mol. The zero-order valence-electron chi connectivity index (χ0n) is 11.1. The van der Waals surface area contributed by atoms with Crippen molar-refractivity contribution >= 4 is 17.7 Å². The summed E-state index contributed by atoms with van der Waals surface area (Å²) in [6.45, 7) is 3.83. The van der Waals surface area contributed by atoms with Crippen LogP contribution in [0, 0.1) is 5.92 Å². The third kappa shape index (κ3) is 5.77. The molecule has 0 radical (unpaired) electrons. The molecule has 0 fully saturated rings. The monoisotopic (exact) mass is 260 g/mol. The van der Waals surface area contributed by atoms with E-state index in [4.69, 9.17) is 14.2 Å². The fourth-order valence-corrected chi connectivity index (χ4v) is 1.35. The number of carbonyl (C=O) groups is 3. The molecule has 0 amide bonds. The van der Waals surface area contributed by atoms with Crippen LogP contribution in [0.3, 0.4) is 0 Å². The summed E-state index contributed by atoms with van der Waals surface area (Å²) in [5.74, 6) is -3.66. The highest BCUT2D eigenvalue weighted by atomic mass is 16.6. The summed E-state index contributed by atoms with van der Waals surface area (Å²) < 4.78 is 14.2. The van der Waals surface area contributed by atoms with Gasteiger partial charge in [0.2, 0.25) is 5.92 Å². The van der Waals surface area contributed by atoms with Crippen LogP contribution in [-0.2, 0) is 28.6 Å². The molecule has 0 N–H and O–H groups in total. The second-order valence-electron chi connectivity index (χ2n) is 3.50. The lowest BCUT2D eigenvalue weighted by Gasteiger charge is -2.13. The molecule has 0 aliphatic rings. The van der Waals surface area contributed by atoms with Gasteiger partial charge in [-0.2, -0.15) is 0 Å². The number of Topliss-reactive ketones (excluding diaryl/α,β-unsaturated/α-hetero) is 1. The Bertz CT molecular complexity index is 268. The molecule has 18 heavy (non-hydrogen) atoms. The molecule has 0 atom stereocenters. The van der Waals surface area contributed by atoms with Gasteiger partial charge in [-0.05, 0) is 20.3 Å². The Kier molecular flexibility index (Phi) is 8.82. The minimum atomic E-state index is -1.47. The van der Waals surface area contributed by atoms with Gasteiger partial charge in [-0.1, -0.05) is 0 Å². The maximum atomic E-state index is 11.8. The van der Waals surface area contributed by atoms with E-state index in [0.29, 0.717) is 13.0 Å². The summed E-state index contributed by atoms with van der Waals surface area (Å²) in [4.78, 5) is 34.9. The maximum absolute atomic E-state index is 11.8. The number of hydrogen-bond acceptors (Lipinski definition) is 6. The largest absolute Gasteiger partial charge is 0.465 e. The first-order valence-electron chi connectivity index (χ1n) is 5.93. The van der Waals surface area contributed by atoms with Crippen LogP contribution in [0.4, 0.5) is 0 Å². The number of rotatable bonds is 9. The van der Waals surface area contributed by atoms with Crippen molar-refractivity contribution in [1.29, 1.82) is 0 Å². The Balaban J connectivity index is 4.58. The molecule has 0 saturated carbocycles. The summed E-state index contributed by atoms with van der Waals surface area (Å²) in [5.41, 5.74) is 0. The van der Waals surface area contributed by atoms with E-state index in [0.717, 1.165) is 0 Å². The Morgan fingerprint density at radius 3 is 1.89 bits per heavy atom. The average Bonchev–Trinajstić information content (AvgIpc) is 2.30. The van der Waals surface area contributed by atoms with E-state index < -0.39 is 23.6 Å². The van der Waals surface area contributed by atoms with Gasteiger partial charge in [0.25, 0.3) is 0 Å². The van der Waals surface area contributed by atoms with Gasteiger partial charge in [0, 0.05) is 20.1 Å². The molecule has 104 valence electrons. The van der Waals surface area contributed by atoms with Crippen molar-refractivity contribution < 1.29 is 28.6 Å². The lowest BCUT2D eigenvalue weighted by molar-refractivity contribution is -0.164. The van der Waals surface area contributed by atoms with Crippen LogP contribution in [0.15, 0.2) is 0 Å². The van der Waals surface area contributed by atoms with Crippen molar-refractivity contribution in [3.63, 3.8) is 0 Å². The van der Waals surface area contributed by atoms with Gasteiger partial charge < -0.3 is 14.2 Å². The Morgan fingerprint density at radius 2 is 1.50 bits per heavy atom. The molecule has 0 rings (SSSR count). The molecule has 0 heterocycles. The zero-order chi connectivity index (χ0) is 14.0. The molecule has 0 bridgehead atoms. The third-order valence-corrected chi connectivity index (χ3v) is 2.14. The number of esters is 2. The van der Waals surface area contributed by atoms with E-state index in [1.54, 1.807) is 13.8 Å². The Hall–Kier alpha value is -1.43. The van der Waals surface area contributed by atoms with Gasteiger partial charge in [-0.3, -0.25) is 14.4 Å². The second kappa shape index (κ2) is 9.58. The third-order valence-electron chi connectivity index (χ3n) is 2.14. The van der Waals surface area contributed by atoms with Crippen LogP contribution in [0.25, 0.3) is 0 Å². The van der Waals surface area contributed by atoms with Gasteiger partial charge in [0.15, 0.2) is 5.78 Å². The Morgan fingerprint density at radius 1 is 1.00 bits per heavy atom. The van der Waals surface area contributed by atoms with E-state index in [9.17, 15) is 14.4 Å². The molecule has 0 aromatic heterocycles. The van der Waals surface area contributed by atoms with Gasteiger partial charge in [-0.25, -0.2) is 0 Å².